The van der Waals surface area contributed by atoms with Crippen molar-refractivity contribution < 1.29 is 9.13 Å². The van der Waals surface area contributed by atoms with E-state index < -0.39 is 0 Å². The third kappa shape index (κ3) is 3.66. The van der Waals surface area contributed by atoms with Gasteiger partial charge in [-0.1, -0.05) is 0 Å². The van der Waals surface area contributed by atoms with Gasteiger partial charge in [-0.25, -0.2) is 4.39 Å². The molecule has 0 unspecified atom stereocenters. The number of halogens is 1. The van der Waals surface area contributed by atoms with Crippen LogP contribution < -0.4 is 10.5 Å². The monoisotopic (exact) mass is 182 g/mol. The van der Waals surface area contributed by atoms with E-state index >= 15 is 0 Å². The number of nitrogens with two attached hydrogens (primary N) is 1. The topological polar surface area (TPSA) is 48.1 Å². The molecule has 13 heavy (non-hydrogen) atoms. The molecule has 70 valence electrons. The van der Waals surface area contributed by atoms with E-state index in [0.717, 1.165) is 0 Å². The number of hydrogen-bond acceptors (Lipinski definition) is 3. The molecule has 0 aromatic carbocycles. The van der Waals surface area contributed by atoms with Gasteiger partial charge in [0.15, 0.2) is 0 Å². The van der Waals surface area contributed by atoms with Gasteiger partial charge in [0.25, 0.3) is 0 Å². The summed E-state index contributed by atoms with van der Waals surface area (Å²) < 4.78 is 17.6. The highest BCUT2D eigenvalue weighted by Crippen LogP contribution is 2.06. The maximum Gasteiger partial charge on any atom is 0.138 e. The Kier molecular flexibility index (Phi) is 3.92. The van der Waals surface area contributed by atoms with E-state index in [-0.39, 0.29) is 19.0 Å². The fourth-order valence-electron chi connectivity index (χ4n) is 0.744. The standard InChI is InChI=1S/C9H11FN2O/c10-8(6-11)3-5-13-9-2-1-4-12-7-9/h1-4,7H,5-6,11H2/b8-3-. The molecule has 0 atom stereocenters. The van der Waals surface area contributed by atoms with Crippen LogP contribution in [-0.4, -0.2) is 18.1 Å². The Balaban J connectivity index is 2.36. The summed E-state index contributed by atoms with van der Waals surface area (Å²) in [5.41, 5.74) is 5.04. The van der Waals surface area contributed by atoms with Gasteiger partial charge in [0, 0.05) is 12.7 Å². The molecule has 1 aromatic heterocycles. The lowest BCUT2D eigenvalue weighted by Crippen LogP contribution is -2.01. The zero-order chi connectivity index (χ0) is 9.52. The van der Waals surface area contributed by atoms with Crippen LogP contribution in [0.4, 0.5) is 4.39 Å². The van der Waals surface area contributed by atoms with Crippen LogP contribution in [0.1, 0.15) is 0 Å². The summed E-state index contributed by atoms with van der Waals surface area (Å²) in [6.45, 7) is 0.0884. The molecular formula is C9H11FN2O. The molecule has 0 amide bonds. The van der Waals surface area contributed by atoms with Gasteiger partial charge in [-0.3, -0.25) is 4.98 Å². The minimum Gasteiger partial charge on any atom is -0.488 e. The summed E-state index contributed by atoms with van der Waals surface area (Å²) in [5.74, 6) is 0.243. The lowest BCUT2D eigenvalue weighted by Gasteiger charge is -2.00. The number of hydrogen-bond donors (Lipinski definition) is 1. The molecule has 0 aliphatic carbocycles. The van der Waals surface area contributed by atoms with Gasteiger partial charge in [-0.2, -0.15) is 0 Å². The van der Waals surface area contributed by atoms with E-state index in [9.17, 15) is 4.39 Å². The second kappa shape index (κ2) is 5.27. The number of nitrogens with zero attached hydrogens (tertiary/aromatic N) is 1. The van der Waals surface area contributed by atoms with Crippen molar-refractivity contribution in [1.29, 1.82) is 0 Å². The SMILES string of the molecule is NC/C(F)=C/COc1cccnc1. The fourth-order valence-corrected chi connectivity index (χ4v) is 0.744. The van der Waals surface area contributed by atoms with Gasteiger partial charge in [-0.15, -0.1) is 0 Å². The highest BCUT2D eigenvalue weighted by Gasteiger charge is 1.91. The summed E-state index contributed by atoms with van der Waals surface area (Å²) in [6, 6.07) is 3.50. The van der Waals surface area contributed by atoms with Crippen LogP contribution in [0.3, 0.4) is 0 Å². The molecule has 0 aliphatic rings. The Morgan fingerprint density at radius 3 is 3.15 bits per heavy atom. The first-order valence-electron chi connectivity index (χ1n) is 3.90. The minimum absolute atomic E-state index is 0.0869. The molecule has 2 N–H and O–H groups in total. The van der Waals surface area contributed by atoms with Crippen molar-refractivity contribution in [2.75, 3.05) is 13.2 Å². The second-order valence-corrected chi connectivity index (χ2v) is 2.35. The highest BCUT2D eigenvalue weighted by atomic mass is 19.1. The Morgan fingerprint density at radius 1 is 1.69 bits per heavy atom. The van der Waals surface area contributed by atoms with Gasteiger partial charge >= 0.3 is 0 Å². The number of pyridine rings is 1. The van der Waals surface area contributed by atoms with Crippen LogP contribution >= 0.6 is 0 Å². The molecule has 0 spiro atoms. The molecule has 0 saturated carbocycles. The van der Waals surface area contributed by atoms with Gasteiger partial charge in [0.2, 0.25) is 0 Å². The molecule has 0 bridgehead atoms. The molecule has 0 aliphatic heterocycles. The first-order chi connectivity index (χ1) is 6.33. The predicted molar refractivity (Wildman–Crippen MR) is 48.0 cm³/mol. The predicted octanol–water partition coefficient (Wildman–Crippen LogP) is 1.27. The van der Waals surface area contributed by atoms with E-state index in [0.29, 0.717) is 5.75 Å². The molecular weight excluding hydrogens is 171 g/mol. The zero-order valence-electron chi connectivity index (χ0n) is 7.11. The lowest BCUT2D eigenvalue weighted by molar-refractivity contribution is 0.357. The van der Waals surface area contributed by atoms with Crippen LogP contribution in [0.2, 0.25) is 0 Å². The van der Waals surface area contributed by atoms with Gasteiger partial charge in [0.1, 0.15) is 18.2 Å². The second-order valence-electron chi connectivity index (χ2n) is 2.35. The third-order valence-corrected chi connectivity index (χ3v) is 1.38. The molecule has 4 heteroatoms. The maximum atomic E-state index is 12.5. The van der Waals surface area contributed by atoms with Crippen molar-refractivity contribution in [1.82, 2.24) is 4.98 Å². The largest absolute Gasteiger partial charge is 0.488 e. The first kappa shape index (κ1) is 9.67. The van der Waals surface area contributed by atoms with E-state index in [1.807, 2.05) is 0 Å². The molecule has 1 heterocycles. The Morgan fingerprint density at radius 2 is 2.54 bits per heavy atom. The summed E-state index contributed by atoms with van der Waals surface area (Å²) >= 11 is 0. The van der Waals surface area contributed by atoms with Crippen molar-refractivity contribution in [3.63, 3.8) is 0 Å². The number of aromatic nitrogens is 1. The average Bonchev–Trinajstić information content (AvgIpc) is 2.19. The smallest absolute Gasteiger partial charge is 0.138 e. The first-order valence-corrected chi connectivity index (χ1v) is 3.90. The van der Waals surface area contributed by atoms with Crippen LogP contribution in [0.15, 0.2) is 36.4 Å². The van der Waals surface area contributed by atoms with Crippen molar-refractivity contribution in [2.45, 2.75) is 0 Å². The Labute approximate surface area is 76.0 Å². The Bertz CT molecular complexity index is 274. The summed E-state index contributed by atoms with van der Waals surface area (Å²) in [6.07, 6.45) is 4.50. The van der Waals surface area contributed by atoms with E-state index in [2.05, 4.69) is 4.98 Å². The van der Waals surface area contributed by atoms with Crippen LogP contribution in [0.5, 0.6) is 5.75 Å². The zero-order valence-corrected chi connectivity index (χ0v) is 7.11. The summed E-state index contributed by atoms with van der Waals surface area (Å²) in [7, 11) is 0. The Hall–Kier alpha value is -1.42. The minimum atomic E-state index is -0.371. The molecule has 1 aromatic rings. The van der Waals surface area contributed by atoms with Crippen LogP contribution in [-0.2, 0) is 0 Å². The number of rotatable bonds is 4. The van der Waals surface area contributed by atoms with Crippen LogP contribution in [0.25, 0.3) is 0 Å². The van der Waals surface area contributed by atoms with E-state index in [1.54, 1.807) is 24.5 Å². The highest BCUT2D eigenvalue weighted by molar-refractivity contribution is 5.15. The molecule has 0 saturated heterocycles. The van der Waals surface area contributed by atoms with Gasteiger partial charge in [0.05, 0.1) is 6.20 Å². The summed E-state index contributed by atoms with van der Waals surface area (Å²) in [5, 5.41) is 0. The fraction of sp³-hybridized carbons (Fsp3) is 0.222. The average molecular weight is 182 g/mol. The maximum absolute atomic E-state index is 12.5. The molecule has 0 fully saturated rings. The van der Waals surface area contributed by atoms with Crippen molar-refractivity contribution >= 4 is 0 Å². The molecule has 0 radical (unpaired) electrons. The quantitative estimate of drug-likeness (QED) is 0.762. The van der Waals surface area contributed by atoms with Gasteiger partial charge in [-0.05, 0) is 18.2 Å². The molecule has 1 rings (SSSR count). The van der Waals surface area contributed by atoms with Gasteiger partial charge < -0.3 is 10.5 Å². The van der Waals surface area contributed by atoms with E-state index in [1.165, 1.54) is 6.08 Å². The normalized spacial score (nSPS) is 11.4. The van der Waals surface area contributed by atoms with Crippen molar-refractivity contribution in [3.05, 3.63) is 36.4 Å². The molecule has 3 nitrogen and oxygen atoms in total. The third-order valence-electron chi connectivity index (χ3n) is 1.38. The summed E-state index contributed by atoms with van der Waals surface area (Å²) in [4.78, 5) is 3.84. The van der Waals surface area contributed by atoms with Crippen molar-refractivity contribution in [3.8, 4) is 5.75 Å². The van der Waals surface area contributed by atoms with Crippen molar-refractivity contribution in [2.24, 2.45) is 5.73 Å². The van der Waals surface area contributed by atoms with E-state index in [4.69, 9.17) is 10.5 Å². The number of ether oxygens (including phenoxy) is 1. The lowest BCUT2D eigenvalue weighted by atomic mass is 10.4. The van der Waals surface area contributed by atoms with Crippen LogP contribution in [0, 0.1) is 0 Å².